The zero-order chi connectivity index (χ0) is 34.7. The molecule has 3 aromatic rings. The maximum atomic E-state index is 13.2. The lowest BCUT2D eigenvalue weighted by molar-refractivity contribution is -0.753. The van der Waals surface area contributed by atoms with Crippen LogP contribution in [0.2, 0.25) is 5.02 Å². The van der Waals surface area contributed by atoms with E-state index in [1.807, 2.05) is 28.8 Å². The Morgan fingerprint density at radius 3 is 2.66 bits per heavy atom. The number of amides is 2. The summed E-state index contributed by atoms with van der Waals surface area (Å²) in [7, 11) is -3.38. The number of halogens is 1. The number of carboxylic acids is 1. The number of hydrogen-bond acceptors (Lipinski definition) is 14. The third-order valence-corrected chi connectivity index (χ3v) is 8.23. The number of benzene rings is 1. The third kappa shape index (κ3) is 8.34. The number of thiazole rings is 1. The van der Waals surface area contributed by atoms with E-state index in [-0.39, 0.29) is 16.6 Å². The molecule has 21 heteroatoms. The SMILES string of the molecule is C[n+]1cc(-c2ccc(OCC(O/N=C(\C(=O)N[C@@H]3C(=O)N(OS(=O)(=O)[O-])C3(C)C)c3csc(N)n3)C(=O)O)cc2Cl)cn1CCCN. The minimum atomic E-state index is -5.27. The number of β-lactam (4-membered cyclic amide) rings is 1. The number of hydrogen-bond donors (Lipinski definition) is 4. The average Bonchev–Trinajstić information content (AvgIpc) is 3.58. The number of nitrogens with two attached hydrogens (primary N) is 2. The van der Waals surface area contributed by atoms with E-state index in [9.17, 15) is 32.5 Å². The Balaban J connectivity index is 1.47. The first kappa shape index (κ1) is 35.5. The third-order valence-electron chi connectivity index (χ3n) is 6.91. The molecule has 1 aromatic carbocycles. The highest BCUT2D eigenvalue weighted by Gasteiger charge is 2.57. The smallest absolute Gasteiger partial charge is 0.351 e. The van der Waals surface area contributed by atoms with E-state index in [0.717, 1.165) is 29.9 Å². The van der Waals surface area contributed by atoms with Crippen molar-refractivity contribution >= 4 is 62.0 Å². The largest absolute Gasteiger partial charge is 0.724 e. The minimum absolute atomic E-state index is 0.0418. The van der Waals surface area contributed by atoms with Crippen LogP contribution in [0.3, 0.4) is 0 Å². The number of carbonyl (C=O) groups is 3. The molecule has 0 saturated carbocycles. The molecule has 3 heterocycles. The number of carboxylic acid groups (broad SMARTS) is 1. The van der Waals surface area contributed by atoms with Gasteiger partial charge in [-0.25, -0.2) is 18.2 Å². The van der Waals surface area contributed by atoms with Crippen molar-refractivity contribution in [3.05, 3.63) is 46.7 Å². The minimum Gasteiger partial charge on any atom is -0.724 e. The summed E-state index contributed by atoms with van der Waals surface area (Å²) in [5.74, 6) is -3.35. The number of anilines is 1. The van der Waals surface area contributed by atoms with Crippen molar-refractivity contribution in [2.45, 2.75) is 44.5 Å². The van der Waals surface area contributed by atoms with Gasteiger partial charge in [0, 0.05) is 10.9 Å². The van der Waals surface area contributed by atoms with Gasteiger partial charge in [0.1, 0.15) is 24.1 Å². The van der Waals surface area contributed by atoms with Gasteiger partial charge in [0.2, 0.25) is 16.6 Å². The fraction of sp³-hybridized carbons (Fsp3) is 0.385. The van der Waals surface area contributed by atoms with Gasteiger partial charge in [0.15, 0.2) is 17.9 Å². The van der Waals surface area contributed by atoms with E-state index >= 15 is 0 Å². The van der Waals surface area contributed by atoms with Crippen LogP contribution < -0.4 is 26.2 Å². The summed E-state index contributed by atoms with van der Waals surface area (Å²) < 4.78 is 46.6. The molecule has 47 heavy (non-hydrogen) atoms. The number of carbonyl (C=O) groups excluding carboxylic acids is 2. The Morgan fingerprint density at radius 2 is 2.09 bits per heavy atom. The molecular formula is C26H31ClN8O10S2. The molecule has 1 saturated heterocycles. The Labute approximate surface area is 277 Å². The monoisotopic (exact) mass is 714 g/mol. The van der Waals surface area contributed by atoms with Crippen molar-refractivity contribution in [1.82, 2.24) is 20.0 Å². The molecule has 1 unspecified atom stereocenters. The molecule has 0 radical (unpaired) electrons. The molecule has 2 atom stereocenters. The number of aromatic nitrogens is 3. The standard InChI is InChI=1S/C26H31ClN8O10S2/c1-26(2)21(23(37)35(26)45-47(40,41)42)31-22(36)20(18-13-46-25(29)30-18)32-44-19(24(38)39)12-43-15-5-6-16(17(27)9-15)14-10-33(3)34(11-14)8-4-7-28/h5-6,9-11,13,19,21H,4,7-8,12,28H2,1-3H3,(H4-,29,30,31,36,38,39,40,41,42)/b32-20-/t19?,21-/m1/s1. The van der Waals surface area contributed by atoms with Crippen LogP contribution >= 0.6 is 22.9 Å². The molecule has 18 nitrogen and oxygen atoms in total. The van der Waals surface area contributed by atoms with Crippen LogP contribution in [0, 0.1) is 0 Å². The van der Waals surface area contributed by atoms with E-state index in [0.29, 0.717) is 22.2 Å². The van der Waals surface area contributed by atoms with Crippen LogP contribution in [-0.4, -0.2) is 87.1 Å². The van der Waals surface area contributed by atoms with Crippen molar-refractivity contribution in [2.75, 3.05) is 18.9 Å². The van der Waals surface area contributed by atoms with Gasteiger partial charge < -0.3 is 36.0 Å². The lowest BCUT2D eigenvalue weighted by Crippen LogP contribution is -2.76. The Bertz CT molecular complexity index is 1810. The summed E-state index contributed by atoms with van der Waals surface area (Å²) in [5, 5.41) is 17.8. The molecule has 6 N–H and O–H groups in total. The first-order valence-electron chi connectivity index (χ1n) is 13.7. The average molecular weight is 715 g/mol. The highest BCUT2D eigenvalue weighted by Crippen LogP contribution is 2.33. The van der Waals surface area contributed by atoms with E-state index in [1.54, 1.807) is 12.1 Å². The quantitative estimate of drug-likeness (QED) is 0.0397. The van der Waals surface area contributed by atoms with Crippen molar-refractivity contribution in [1.29, 1.82) is 0 Å². The van der Waals surface area contributed by atoms with Crippen molar-refractivity contribution in [2.24, 2.45) is 17.9 Å². The molecular weight excluding hydrogens is 684 g/mol. The zero-order valence-electron chi connectivity index (χ0n) is 25.2. The van der Waals surface area contributed by atoms with Gasteiger partial charge in [-0.15, -0.1) is 16.0 Å². The Hall–Kier alpha value is -4.34. The lowest BCUT2D eigenvalue weighted by Gasteiger charge is -2.51. The zero-order valence-corrected chi connectivity index (χ0v) is 27.5. The van der Waals surface area contributed by atoms with Crippen LogP contribution in [0.25, 0.3) is 11.1 Å². The summed E-state index contributed by atoms with van der Waals surface area (Å²) in [5.41, 5.74) is 10.7. The van der Waals surface area contributed by atoms with Crippen LogP contribution in [0.4, 0.5) is 5.13 Å². The van der Waals surface area contributed by atoms with E-state index in [2.05, 4.69) is 19.7 Å². The fourth-order valence-electron chi connectivity index (χ4n) is 4.45. The maximum Gasteiger partial charge on any atom is 0.351 e. The Morgan fingerprint density at radius 1 is 1.36 bits per heavy atom. The van der Waals surface area contributed by atoms with Gasteiger partial charge in [-0.2, -0.15) is 14.0 Å². The molecule has 2 aromatic heterocycles. The molecule has 0 bridgehead atoms. The van der Waals surface area contributed by atoms with E-state index < -0.39 is 58.2 Å². The molecule has 0 spiro atoms. The fourth-order valence-corrected chi connectivity index (χ4v) is 5.72. The van der Waals surface area contributed by atoms with Crippen molar-refractivity contribution in [3.63, 3.8) is 0 Å². The number of nitrogens with zero attached hydrogens (tertiary/aromatic N) is 5. The van der Waals surface area contributed by atoms with E-state index in [1.165, 1.54) is 25.3 Å². The molecule has 254 valence electrons. The van der Waals surface area contributed by atoms with Gasteiger partial charge in [-0.3, -0.25) is 9.59 Å². The number of nitrogen functional groups attached to an aromatic ring is 1. The molecule has 1 aliphatic heterocycles. The lowest BCUT2D eigenvalue weighted by atomic mass is 9.84. The van der Waals surface area contributed by atoms with Crippen LogP contribution in [0.15, 0.2) is 41.1 Å². The predicted molar refractivity (Wildman–Crippen MR) is 164 cm³/mol. The molecule has 0 aliphatic carbocycles. The number of ether oxygens (including phenoxy) is 1. The van der Waals surface area contributed by atoms with Crippen LogP contribution in [-0.2, 0) is 47.5 Å². The summed E-state index contributed by atoms with van der Waals surface area (Å²) in [6, 6.07) is 3.46. The first-order chi connectivity index (χ1) is 22.0. The highest BCUT2D eigenvalue weighted by molar-refractivity contribution is 7.80. The molecule has 1 aliphatic rings. The normalized spacial score (nSPS) is 16.8. The second kappa shape index (κ2) is 14.2. The highest BCUT2D eigenvalue weighted by atomic mass is 35.5. The van der Waals surface area contributed by atoms with Crippen LogP contribution in [0.5, 0.6) is 5.75 Å². The number of rotatable bonds is 15. The second-order valence-corrected chi connectivity index (χ2v) is 12.9. The summed E-state index contributed by atoms with van der Waals surface area (Å²) in [4.78, 5) is 46.8. The van der Waals surface area contributed by atoms with Gasteiger partial charge in [0.05, 0.1) is 28.9 Å². The van der Waals surface area contributed by atoms with Crippen molar-refractivity contribution in [3.8, 4) is 16.9 Å². The summed E-state index contributed by atoms with van der Waals surface area (Å²) in [6.07, 6.45) is 2.90. The number of aliphatic carboxylic acids is 1. The molecule has 2 amide bonds. The van der Waals surface area contributed by atoms with Crippen molar-refractivity contribution < 1.29 is 51.0 Å². The number of nitrogens with one attached hydrogen (secondary N) is 1. The number of hydroxylamine groups is 2. The first-order valence-corrected chi connectivity index (χ1v) is 16.3. The summed E-state index contributed by atoms with van der Waals surface area (Å²) in [6.45, 7) is 3.37. The molecule has 1 fully saturated rings. The predicted octanol–water partition coefficient (Wildman–Crippen LogP) is -0.229. The molecule has 4 rings (SSSR count). The maximum absolute atomic E-state index is 13.2. The summed E-state index contributed by atoms with van der Waals surface area (Å²) >= 11 is 7.46. The van der Waals surface area contributed by atoms with Gasteiger partial charge >= 0.3 is 5.97 Å². The number of aryl methyl sites for hydroxylation is 2. The van der Waals surface area contributed by atoms with Gasteiger partial charge in [-0.1, -0.05) is 16.8 Å². The number of oxime groups is 1. The Kier molecular flexibility index (Phi) is 10.7. The second-order valence-electron chi connectivity index (χ2n) is 10.7. The van der Waals surface area contributed by atoms with E-state index in [4.69, 9.17) is 32.6 Å². The topological polar surface area (TPSA) is 258 Å². The van der Waals surface area contributed by atoms with Crippen LogP contribution in [0.1, 0.15) is 26.0 Å². The van der Waals surface area contributed by atoms with Gasteiger partial charge in [-0.05, 0) is 45.0 Å². The van der Waals surface area contributed by atoms with Gasteiger partial charge in [0.25, 0.3) is 17.9 Å².